The molecule has 32 heavy (non-hydrogen) atoms. The first-order chi connectivity index (χ1) is 15.7. The van der Waals surface area contributed by atoms with Crippen molar-refractivity contribution in [2.24, 2.45) is 0 Å². The minimum absolute atomic E-state index is 0.725. The van der Waals surface area contributed by atoms with E-state index in [1.165, 1.54) is 0 Å². The molecule has 5 heterocycles. The van der Waals surface area contributed by atoms with Gasteiger partial charge >= 0.3 is 0 Å². The lowest BCUT2D eigenvalue weighted by molar-refractivity contribution is 0.122. The average molecular weight is 448 g/mol. The van der Waals surface area contributed by atoms with Gasteiger partial charge in [-0.3, -0.25) is 4.98 Å². The zero-order valence-electron chi connectivity index (χ0n) is 18.2. The molecule has 9 heteroatoms. The first-order valence-corrected chi connectivity index (χ1v) is 11.4. The minimum Gasteiger partial charge on any atom is -0.378 e. The third kappa shape index (κ3) is 4.55. The van der Waals surface area contributed by atoms with E-state index in [2.05, 4.69) is 45.2 Å². The predicted octanol–water partition coefficient (Wildman–Crippen LogP) is 3.79. The highest BCUT2D eigenvalue weighted by Crippen LogP contribution is 2.31. The van der Waals surface area contributed by atoms with Gasteiger partial charge in [-0.2, -0.15) is 0 Å². The fourth-order valence-electron chi connectivity index (χ4n) is 3.72. The monoisotopic (exact) mass is 447 g/mol. The van der Waals surface area contributed by atoms with E-state index in [0.717, 1.165) is 76.7 Å². The van der Waals surface area contributed by atoms with Crippen molar-refractivity contribution in [3.63, 3.8) is 0 Å². The van der Waals surface area contributed by atoms with E-state index in [9.17, 15) is 0 Å². The second kappa shape index (κ2) is 9.15. The van der Waals surface area contributed by atoms with Crippen LogP contribution in [0.25, 0.3) is 20.8 Å². The molecule has 1 saturated heterocycles. The number of hydrogen-bond acceptors (Lipinski definition) is 9. The molecule has 164 valence electrons. The Balaban J connectivity index is 1.41. The molecule has 0 unspecified atom stereocenters. The zero-order chi connectivity index (χ0) is 21.9. The zero-order valence-corrected chi connectivity index (χ0v) is 19.0. The van der Waals surface area contributed by atoms with Gasteiger partial charge in [-0.1, -0.05) is 0 Å². The number of nitrogens with zero attached hydrogens (tertiary/aromatic N) is 6. The number of fused-ring (bicyclic) bond motifs is 1. The minimum atomic E-state index is 0.725. The number of pyridine rings is 3. The van der Waals surface area contributed by atoms with Crippen molar-refractivity contribution in [2.45, 2.75) is 6.54 Å². The highest BCUT2D eigenvalue weighted by atomic mass is 32.1. The van der Waals surface area contributed by atoms with Gasteiger partial charge in [-0.25, -0.2) is 15.0 Å². The van der Waals surface area contributed by atoms with Crippen molar-refractivity contribution in [3.8, 4) is 10.6 Å². The molecule has 1 N–H and O–H groups in total. The summed E-state index contributed by atoms with van der Waals surface area (Å²) in [5.74, 6) is 1.50. The molecule has 5 rings (SSSR count). The number of aromatic nitrogens is 4. The lowest BCUT2D eigenvalue weighted by atomic mass is 10.2. The van der Waals surface area contributed by atoms with Crippen LogP contribution in [0.3, 0.4) is 0 Å². The average Bonchev–Trinajstić information content (AvgIpc) is 3.24. The van der Waals surface area contributed by atoms with Crippen molar-refractivity contribution in [1.29, 1.82) is 0 Å². The molecular weight excluding hydrogens is 422 g/mol. The highest BCUT2D eigenvalue weighted by molar-refractivity contribution is 7.21. The number of nitrogens with one attached hydrogen (secondary N) is 1. The van der Waals surface area contributed by atoms with Crippen LogP contribution in [0.1, 0.15) is 5.69 Å². The molecule has 4 aromatic rings. The maximum absolute atomic E-state index is 5.51. The molecule has 1 aliphatic heterocycles. The molecule has 8 nitrogen and oxygen atoms in total. The van der Waals surface area contributed by atoms with Crippen molar-refractivity contribution in [3.05, 3.63) is 54.6 Å². The summed E-state index contributed by atoms with van der Waals surface area (Å²) in [7, 11) is 4.12. The Kier molecular flexibility index (Phi) is 5.93. The van der Waals surface area contributed by atoms with Gasteiger partial charge in [0.25, 0.3) is 0 Å². The summed E-state index contributed by atoms with van der Waals surface area (Å²) in [6.07, 6.45) is 5.46. The fraction of sp³-hybridized carbons (Fsp3) is 0.304. The number of ether oxygens (including phenoxy) is 1. The third-order valence-electron chi connectivity index (χ3n) is 5.21. The standard InChI is InChI=1S/C23H25N7OS/c1-29(2)15-18-19(30-8-10-31-11-9-30)5-6-21(26-18)28-22-12-17-20(14-25-22)32-23(27-17)16-4-3-7-24-13-16/h3-7,12-14H,8-11,15H2,1-2H3,(H,25,26,28). The topological polar surface area (TPSA) is 79.3 Å². The third-order valence-corrected chi connectivity index (χ3v) is 6.26. The lowest BCUT2D eigenvalue weighted by Gasteiger charge is -2.31. The maximum atomic E-state index is 5.51. The van der Waals surface area contributed by atoms with Crippen LogP contribution in [0.5, 0.6) is 0 Å². The van der Waals surface area contributed by atoms with E-state index in [1.807, 2.05) is 36.7 Å². The van der Waals surface area contributed by atoms with E-state index in [0.29, 0.717) is 0 Å². The van der Waals surface area contributed by atoms with Gasteiger partial charge in [-0.15, -0.1) is 11.3 Å². The Morgan fingerprint density at radius 1 is 1.09 bits per heavy atom. The largest absolute Gasteiger partial charge is 0.378 e. The molecule has 0 radical (unpaired) electrons. The molecule has 1 aliphatic rings. The second-order valence-electron chi connectivity index (χ2n) is 7.92. The Morgan fingerprint density at radius 2 is 1.97 bits per heavy atom. The Labute approximate surface area is 190 Å². The van der Waals surface area contributed by atoms with Gasteiger partial charge in [0.15, 0.2) is 0 Å². The number of hydrogen-bond donors (Lipinski definition) is 1. The van der Waals surface area contributed by atoms with Gasteiger partial charge in [0.05, 0.1) is 34.8 Å². The fourth-order valence-corrected chi connectivity index (χ4v) is 4.62. The summed E-state index contributed by atoms with van der Waals surface area (Å²) >= 11 is 1.61. The van der Waals surface area contributed by atoms with E-state index in [-0.39, 0.29) is 0 Å². The van der Waals surface area contributed by atoms with Gasteiger partial charge in [0.2, 0.25) is 0 Å². The van der Waals surface area contributed by atoms with Gasteiger partial charge in [-0.05, 0) is 38.4 Å². The van der Waals surface area contributed by atoms with Crippen LogP contribution in [-0.2, 0) is 11.3 Å². The molecule has 0 amide bonds. The summed E-state index contributed by atoms with van der Waals surface area (Å²) in [6, 6.07) is 10.1. The van der Waals surface area contributed by atoms with E-state index >= 15 is 0 Å². The number of thiazole rings is 1. The molecule has 4 aromatic heterocycles. The maximum Gasteiger partial charge on any atom is 0.133 e. The number of anilines is 3. The highest BCUT2D eigenvalue weighted by Gasteiger charge is 2.17. The van der Waals surface area contributed by atoms with Gasteiger partial charge in [0, 0.05) is 49.9 Å². The van der Waals surface area contributed by atoms with Crippen LogP contribution in [0.15, 0.2) is 48.9 Å². The predicted molar refractivity (Wildman–Crippen MR) is 129 cm³/mol. The van der Waals surface area contributed by atoms with Crippen LogP contribution in [0.2, 0.25) is 0 Å². The van der Waals surface area contributed by atoms with Crippen molar-refractivity contribution in [2.75, 3.05) is 50.6 Å². The van der Waals surface area contributed by atoms with Crippen molar-refractivity contribution >= 4 is 38.9 Å². The molecule has 0 atom stereocenters. The normalized spacial score (nSPS) is 14.3. The molecule has 0 saturated carbocycles. The molecule has 0 aromatic carbocycles. The van der Waals surface area contributed by atoms with E-state index < -0.39 is 0 Å². The van der Waals surface area contributed by atoms with E-state index in [1.54, 1.807) is 17.5 Å². The smallest absolute Gasteiger partial charge is 0.133 e. The van der Waals surface area contributed by atoms with Crippen molar-refractivity contribution in [1.82, 2.24) is 24.8 Å². The van der Waals surface area contributed by atoms with Crippen LogP contribution < -0.4 is 10.2 Å². The van der Waals surface area contributed by atoms with Crippen LogP contribution in [-0.4, -0.2) is 65.2 Å². The van der Waals surface area contributed by atoms with Gasteiger partial charge in [0.1, 0.15) is 16.6 Å². The molecule has 1 fully saturated rings. The van der Waals surface area contributed by atoms with Crippen LogP contribution >= 0.6 is 11.3 Å². The number of morpholine rings is 1. The molecule has 0 bridgehead atoms. The summed E-state index contributed by atoms with van der Waals surface area (Å²) in [5, 5.41) is 4.30. The Hall–Kier alpha value is -3.14. The second-order valence-corrected chi connectivity index (χ2v) is 8.95. The first-order valence-electron chi connectivity index (χ1n) is 10.6. The SMILES string of the molecule is CN(C)Cc1nc(Nc2cc3nc(-c4cccnc4)sc3cn2)ccc1N1CCOCC1. The quantitative estimate of drug-likeness (QED) is 0.478. The lowest BCUT2D eigenvalue weighted by Crippen LogP contribution is -2.37. The Morgan fingerprint density at radius 3 is 2.75 bits per heavy atom. The molecular formula is C23H25N7OS. The van der Waals surface area contributed by atoms with Crippen molar-refractivity contribution < 1.29 is 4.74 Å². The Bertz CT molecular complexity index is 1210. The molecule has 0 aliphatic carbocycles. The van der Waals surface area contributed by atoms with Gasteiger partial charge < -0.3 is 19.9 Å². The summed E-state index contributed by atoms with van der Waals surface area (Å²) in [6.45, 7) is 4.03. The first kappa shape index (κ1) is 20.7. The molecule has 0 spiro atoms. The van der Waals surface area contributed by atoms with Crippen LogP contribution in [0, 0.1) is 0 Å². The van der Waals surface area contributed by atoms with E-state index in [4.69, 9.17) is 14.7 Å². The summed E-state index contributed by atoms with van der Waals surface area (Å²) in [4.78, 5) is 22.9. The number of rotatable bonds is 6. The summed E-state index contributed by atoms with van der Waals surface area (Å²) < 4.78 is 6.55. The van der Waals surface area contributed by atoms with Crippen LogP contribution in [0.4, 0.5) is 17.3 Å². The summed E-state index contributed by atoms with van der Waals surface area (Å²) in [5.41, 5.74) is 4.12.